The van der Waals surface area contributed by atoms with Gasteiger partial charge in [-0.05, 0) is 29.0 Å². The van der Waals surface area contributed by atoms with Gasteiger partial charge in [-0.1, -0.05) is 66.2 Å². The van der Waals surface area contributed by atoms with Crippen molar-refractivity contribution in [3.63, 3.8) is 0 Å². The van der Waals surface area contributed by atoms with Crippen molar-refractivity contribution in [3.05, 3.63) is 77.8 Å². The van der Waals surface area contributed by atoms with E-state index in [1.54, 1.807) is 13.2 Å². The first kappa shape index (κ1) is 13.4. The first-order valence-corrected chi connectivity index (χ1v) is 6.41. The van der Waals surface area contributed by atoms with E-state index in [0.717, 1.165) is 5.75 Å². The molecule has 0 spiro atoms. The number of ether oxygens (including phenoxy) is 1. The maximum atomic E-state index is 5.64. The summed E-state index contributed by atoms with van der Waals surface area (Å²) in [5, 5.41) is 3.32. The van der Waals surface area contributed by atoms with Crippen molar-refractivity contribution in [2.75, 3.05) is 7.11 Å². The lowest BCUT2D eigenvalue weighted by Gasteiger charge is -1.96. The second-order valence-corrected chi connectivity index (χ2v) is 4.45. The summed E-state index contributed by atoms with van der Waals surface area (Å²) >= 11 is 5.64. The SMILES string of the molecule is COc1cccc(Cl)c1.c1ccc2ccccc2c1. The van der Waals surface area contributed by atoms with Gasteiger partial charge < -0.3 is 4.74 Å². The molecule has 3 rings (SSSR count). The van der Waals surface area contributed by atoms with E-state index in [1.807, 2.05) is 18.2 Å². The third kappa shape index (κ3) is 4.01. The molecule has 0 unspecified atom stereocenters. The number of rotatable bonds is 1. The van der Waals surface area contributed by atoms with Crippen molar-refractivity contribution in [1.82, 2.24) is 0 Å². The van der Waals surface area contributed by atoms with Crippen molar-refractivity contribution >= 4 is 22.4 Å². The van der Waals surface area contributed by atoms with Crippen molar-refractivity contribution in [2.24, 2.45) is 0 Å². The molecule has 0 bridgehead atoms. The smallest absolute Gasteiger partial charge is 0.120 e. The summed E-state index contributed by atoms with van der Waals surface area (Å²) in [6.45, 7) is 0. The summed E-state index contributed by atoms with van der Waals surface area (Å²) in [5.41, 5.74) is 0. The van der Waals surface area contributed by atoms with E-state index < -0.39 is 0 Å². The molecule has 0 saturated carbocycles. The maximum absolute atomic E-state index is 5.64. The van der Waals surface area contributed by atoms with E-state index in [1.165, 1.54) is 10.8 Å². The fraction of sp³-hybridized carbons (Fsp3) is 0.0588. The number of methoxy groups -OCH3 is 1. The molecule has 96 valence electrons. The van der Waals surface area contributed by atoms with E-state index in [0.29, 0.717) is 5.02 Å². The van der Waals surface area contributed by atoms with E-state index >= 15 is 0 Å². The highest BCUT2D eigenvalue weighted by molar-refractivity contribution is 6.30. The molecule has 3 aromatic rings. The Morgan fingerprint density at radius 2 is 1.26 bits per heavy atom. The number of hydrogen-bond acceptors (Lipinski definition) is 1. The summed E-state index contributed by atoms with van der Waals surface area (Å²) in [7, 11) is 1.62. The number of fused-ring (bicyclic) bond motifs is 1. The first-order chi connectivity index (χ1) is 9.29. The fourth-order valence-electron chi connectivity index (χ4n) is 1.73. The van der Waals surface area contributed by atoms with Crippen LogP contribution in [0.4, 0.5) is 0 Å². The van der Waals surface area contributed by atoms with Crippen LogP contribution in [0.3, 0.4) is 0 Å². The molecule has 3 aromatic carbocycles. The zero-order valence-electron chi connectivity index (χ0n) is 10.7. The Balaban J connectivity index is 0.000000141. The molecule has 0 aliphatic carbocycles. The Morgan fingerprint density at radius 1 is 0.737 bits per heavy atom. The molecule has 0 radical (unpaired) electrons. The molecular formula is C17H15ClO. The van der Waals surface area contributed by atoms with Crippen LogP contribution < -0.4 is 4.74 Å². The van der Waals surface area contributed by atoms with Crippen LogP contribution in [0, 0.1) is 0 Å². The molecule has 0 atom stereocenters. The van der Waals surface area contributed by atoms with E-state index in [2.05, 4.69) is 48.5 Å². The van der Waals surface area contributed by atoms with Crippen LogP contribution in [0.1, 0.15) is 0 Å². The molecule has 0 heterocycles. The van der Waals surface area contributed by atoms with Crippen molar-refractivity contribution in [1.29, 1.82) is 0 Å². The second kappa shape index (κ2) is 6.81. The summed E-state index contributed by atoms with van der Waals surface area (Å²) in [6, 6.07) is 24.0. The summed E-state index contributed by atoms with van der Waals surface area (Å²) < 4.78 is 4.91. The Hall–Kier alpha value is -1.99. The third-order valence-electron chi connectivity index (χ3n) is 2.69. The molecule has 0 saturated heterocycles. The number of hydrogen-bond donors (Lipinski definition) is 0. The standard InChI is InChI=1S/C10H8.C7H7ClO/c1-2-6-10-8-4-3-7-9(10)5-1;1-9-7-4-2-3-6(8)5-7/h1-8H;2-5H,1H3. The average molecular weight is 271 g/mol. The van der Waals surface area contributed by atoms with Crippen LogP contribution in [0.15, 0.2) is 72.8 Å². The lowest BCUT2D eigenvalue weighted by molar-refractivity contribution is 0.415. The molecular weight excluding hydrogens is 256 g/mol. The Bertz CT molecular complexity index is 584. The van der Waals surface area contributed by atoms with Gasteiger partial charge in [-0.3, -0.25) is 0 Å². The minimum Gasteiger partial charge on any atom is -0.497 e. The monoisotopic (exact) mass is 270 g/mol. The summed E-state index contributed by atoms with van der Waals surface area (Å²) in [6.07, 6.45) is 0. The van der Waals surface area contributed by atoms with E-state index in [-0.39, 0.29) is 0 Å². The first-order valence-electron chi connectivity index (χ1n) is 6.03. The van der Waals surface area contributed by atoms with Gasteiger partial charge in [0.25, 0.3) is 0 Å². The van der Waals surface area contributed by atoms with Gasteiger partial charge in [0, 0.05) is 5.02 Å². The largest absolute Gasteiger partial charge is 0.497 e. The number of halogens is 1. The zero-order chi connectivity index (χ0) is 13.5. The lowest BCUT2D eigenvalue weighted by atomic mass is 10.1. The molecule has 0 aliphatic rings. The molecule has 0 aromatic heterocycles. The quantitative estimate of drug-likeness (QED) is 0.591. The maximum Gasteiger partial charge on any atom is 0.120 e. The molecule has 0 fully saturated rings. The topological polar surface area (TPSA) is 9.23 Å². The Labute approximate surface area is 118 Å². The van der Waals surface area contributed by atoms with Gasteiger partial charge in [-0.2, -0.15) is 0 Å². The van der Waals surface area contributed by atoms with Gasteiger partial charge in [-0.15, -0.1) is 0 Å². The van der Waals surface area contributed by atoms with E-state index in [9.17, 15) is 0 Å². The Morgan fingerprint density at radius 3 is 1.63 bits per heavy atom. The highest BCUT2D eigenvalue weighted by atomic mass is 35.5. The van der Waals surface area contributed by atoms with Crippen molar-refractivity contribution < 1.29 is 4.74 Å². The minimum atomic E-state index is 0.703. The highest BCUT2D eigenvalue weighted by Crippen LogP contribution is 2.15. The third-order valence-corrected chi connectivity index (χ3v) is 2.93. The number of benzene rings is 3. The fourth-order valence-corrected chi connectivity index (χ4v) is 1.91. The Kier molecular flexibility index (Phi) is 4.82. The van der Waals surface area contributed by atoms with Crippen LogP contribution in [-0.2, 0) is 0 Å². The average Bonchev–Trinajstić information content (AvgIpc) is 2.48. The van der Waals surface area contributed by atoms with Crippen LogP contribution in [0.25, 0.3) is 10.8 Å². The predicted octanol–water partition coefficient (Wildman–Crippen LogP) is 5.19. The van der Waals surface area contributed by atoms with Gasteiger partial charge in [0.05, 0.1) is 7.11 Å². The molecule has 2 heteroatoms. The van der Waals surface area contributed by atoms with Crippen molar-refractivity contribution in [3.8, 4) is 5.75 Å². The van der Waals surface area contributed by atoms with Crippen molar-refractivity contribution in [2.45, 2.75) is 0 Å². The minimum absolute atomic E-state index is 0.703. The van der Waals surface area contributed by atoms with Crippen LogP contribution in [0.5, 0.6) is 5.75 Å². The normalized spacial score (nSPS) is 9.58. The van der Waals surface area contributed by atoms with Crippen LogP contribution in [0.2, 0.25) is 5.02 Å². The van der Waals surface area contributed by atoms with E-state index in [4.69, 9.17) is 16.3 Å². The predicted molar refractivity (Wildman–Crippen MR) is 82.0 cm³/mol. The zero-order valence-corrected chi connectivity index (χ0v) is 11.5. The molecule has 0 N–H and O–H groups in total. The van der Waals surface area contributed by atoms with Gasteiger partial charge in [0.15, 0.2) is 0 Å². The van der Waals surface area contributed by atoms with Gasteiger partial charge >= 0.3 is 0 Å². The van der Waals surface area contributed by atoms with Crippen LogP contribution in [-0.4, -0.2) is 7.11 Å². The van der Waals surface area contributed by atoms with Gasteiger partial charge in [0.1, 0.15) is 5.75 Å². The molecule has 0 amide bonds. The lowest BCUT2D eigenvalue weighted by Crippen LogP contribution is -1.79. The van der Waals surface area contributed by atoms with Gasteiger partial charge in [0.2, 0.25) is 0 Å². The highest BCUT2D eigenvalue weighted by Gasteiger charge is 1.88. The van der Waals surface area contributed by atoms with Gasteiger partial charge in [-0.25, -0.2) is 0 Å². The van der Waals surface area contributed by atoms with Crippen LogP contribution >= 0.6 is 11.6 Å². The summed E-state index contributed by atoms with van der Waals surface area (Å²) in [4.78, 5) is 0. The second-order valence-electron chi connectivity index (χ2n) is 4.01. The molecule has 19 heavy (non-hydrogen) atoms. The molecule has 1 nitrogen and oxygen atoms in total. The molecule has 0 aliphatic heterocycles. The summed E-state index contributed by atoms with van der Waals surface area (Å²) in [5.74, 6) is 0.794.